The van der Waals surface area contributed by atoms with E-state index in [-0.39, 0.29) is 33.5 Å². The van der Waals surface area contributed by atoms with Crippen molar-refractivity contribution in [1.82, 2.24) is 0 Å². The van der Waals surface area contributed by atoms with E-state index < -0.39 is 0 Å². The van der Waals surface area contributed by atoms with Crippen LogP contribution in [0.4, 0.5) is 0 Å². The van der Waals surface area contributed by atoms with Gasteiger partial charge in [0.25, 0.3) is 0 Å². The van der Waals surface area contributed by atoms with Gasteiger partial charge in [0.05, 0.1) is 24.3 Å². The summed E-state index contributed by atoms with van der Waals surface area (Å²) in [6.45, 7) is 4.17. The standard InChI is InChI=1S/C26H18N2O6/c1-3-31-23-7-15(13-29)5-19-20-6-16(14-30)8-24(32-4-2)26(20)34-22-10-18(12-28)17(11-27)9-21(22)33-25(19)23/h5-10,13-14H,3-4H2,1-2H3. The van der Waals surface area contributed by atoms with Crippen molar-refractivity contribution in [2.24, 2.45) is 0 Å². The SMILES string of the molecule is CCOc1cc(C=O)cc2c1oc1cc(C#N)c(C#N)cc1oc1c(OCC)cc(C=O)cc12. The lowest BCUT2D eigenvalue weighted by Gasteiger charge is -2.12. The van der Waals surface area contributed by atoms with E-state index in [2.05, 4.69) is 0 Å². The number of benzene rings is 3. The Morgan fingerprint density at radius 1 is 0.735 bits per heavy atom. The van der Waals surface area contributed by atoms with Crippen molar-refractivity contribution in [3.8, 4) is 23.6 Å². The van der Waals surface area contributed by atoms with E-state index in [9.17, 15) is 20.1 Å². The Bertz CT molecular complexity index is 1480. The molecular weight excluding hydrogens is 436 g/mol. The quantitative estimate of drug-likeness (QED) is 0.343. The first kappa shape index (κ1) is 22.4. The number of nitriles is 2. The van der Waals surface area contributed by atoms with Crippen LogP contribution in [0.25, 0.3) is 33.1 Å². The molecule has 0 N–H and O–H groups in total. The molecule has 0 atom stereocenters. The maximum absolute atomic E-state index is 11.7. The lowest BCUT2D eigenvalue weighted by atomic mass is 10.0. The van der Waals surface area contributed by atoms with Crippen LogP contribution >= 0.6 is 0 Å². The van der Waals surface area contributed by atoms with Gasteiger partial charge in [0.15, 0.2) is 33.8 Å². The molecule has 4 rings (SSSR count). The molecule has 0 fully saturated rings. The average Bonchev–Trinajstić information content (AvgIpc) is 2.85. The summed E-state index contributed by atoms with van der Waals surface area (Å²) in [4.78, 5) is 23.4. The second-order valence-electron chi connectivity index (χ2n) is 7.17. The summed E-state index contributed by atoms with van der Waals surface area (Å²) < 4.78 is 23.9. The van der Waals surface area contributed by atoms with E-state index >= 15 is 0 Å². The van der Waals surface area contributed by atoms with Crippen LogP contribution in [0.3, 0.4) is 0 Å². The zero-order chi connectivity index (χ0) is 24.2. The minimum Gasteiger partial charge on any atom is -0.490 e. The van der Waals surface area contributed by atoms with Gasteiger partial charge >= 0.3 is 0 Å². The summed E-state index contributed by atoms with van der Waals surface area (Å²) in [5, 5.41) is 19.9. The van der Waals surface area contributed by atoms with E-state index in [0.717, 1.165) is 0 Å². The number of carbonyl (C=O) groups is 2. The molecule has 8 heteroatoms. The first-order chi connectivity index (χ1) is 16.6. The highest BCUT2D eigenvalue weighted by atomic mass is 16.5. The number of nitrogens with zero attached hydrogens (tertiary/aromatic N) is 2. The van der Waals surface area contributed by atoms with Gasteiger partial charge < -0.3 is 18.3 Å². The Kier molecular flexibility index (Phi) is 6.16. The van der Waals surface area contributed by atoms with Gasteiger partial charge in [0.2, 0.25) is 0 Å². The highest BCUT2D eigenvalue weighted by Crippen LogP contribution is 2.37. The molecule has 0 amide bonds. The Morgan fingerprint density at radius 2 is 1.15 bits per heavy atom. The van der Waals surface area contributed by atoms with E-state index in [4.69, 9.17) is 18.3 Å². The van der Waals surface area contributed by atoms with Crippen LogP contribution < -0.4 is 9.47 Å². The lowest BCUT2D eigenvalue weighted by molar-refractivity contribution is 0.111. The van der Waals surface area contributed by atoms with E-state index in [1.54, 1.807) is 38.1 Å². The molecule has 1 aromatic heterocycles. The van der Waals surface area contributed by atoms with Crippen LogP contribution in [0.15, 0.2) is 45.2 Å². The summed E-state index contributed by atoms with van der Waals surface area (Å²) >= 11 is 0. The Morgan fingerprint density at radius 3 is 1.47 bits per heavy atom. The molecule has 0 aliphatic heterocycles. The van der Waals surface area contributed by atoms with Crippen molar-refractivity contribution in [1.29, 1.82) is 10.5 Å². The zero-order valence-electron chi connectivity index (χ0n) is 18.4. The second-order valence-corrected chi connectivity index (χ2v) is 7.17. The normalized spacial score (nSPS) is 10.5. The molecule has 168 valence electrons. The molecule has 0 spiro atoms. The van der Waals surface area contributed by atoms with Gasteiger partial charge in [0, 0.05) is 34.0 Å². The van der Waals surface area contributed by atoms with Gasteiger partial charge in [-0.05, 0) is 38.1 Å². The Balaban J connectivity index is 2.38. The highest BCUT2D eigenvalue weighted by Gasteiger charge is 2.17. The van der Waals surface area contributed by atoms with Gasteiger partial charge in [-0.3, -0.25) is 9.59 Å². The molecule has 0 radical (unpaired) electrons. The van der Waals surface area contributed by atoms with Crippen LogP contribution in [0.2, 0.25) is 0 Å². The van der Waals surface area contributed by atoms with E-state index in [1.165, 1.54) is 12.1 Å². The number of fused-ring (bicyclic) bond motifs is 4. The van der Waals surface area contributed by atoms with Gasteiger partial charge in [-0.1, -0.05) is 0 Å². The lowest BCUT2D eigenvalue weighted by Crippen LogP contribution is -1.96. The van der Waals surface area contributed by atoms with Crippen molar-refractivity contribution in [3.63, 3.8) is 0 Å². The number of aldehydes is 2. The third-order valence-corrected chi connectivity index (χ3v) is 5.07. The molecular formula is C26H18N2O6. The third-order valence-electron chi connectivity index (χ3n) is 5.07. The van der Waals surface area contributed by atoms with Crippen LogP contribution in [0.5, 0.6) is 11.5 Å². The van der Waals surface area contributed by atoms with Gasteiger partial charge in [-0.2, -0.15) is 10.5 Å². The molecule has 1 heterocycles. The molecule has 0 aliphatic rings. The van der Waals surface area contributed by atoms with Gasteiger partial charge in [-0.25, -0.2) is 0 Å². The number of rotatable bonds is 6. The van der Waals surface area contributed by atoms with Crippen molar-refractivity contribution in [3.05, 3.63) is 58.7 Å². The monoisotopic (exact) mass is 454 g/mol. The molecule has 0 unspecified atom stereocenters. The van der Waals surface area contributed by atoms with Crippen molar-refractivity contribution < 1.29 is 27.9 Å². The maximum atomic E-state index is 11.7. The van der Waals surface area contributed by atoms with Crippen molar-refractivity contribution in [2.45, 2.75) is 13.8 Å². The van der Waals surface area contributed by atoms with Crippen LogP contribution in [-0.4, -0.2) is 25.8 Å². The van der Waals surface area contributed by atoms with Gasteiger partial charge in [-0.15, -0.1) is 0 Å². The Labute approximate surface area is 193 Å². The topological polar surface area (TPSA) is 126 Å². The average molecular weight is 454 g/mol. The molecule has 34 heavy (non-hydrogen) atoms. The largest absolute Gasteiger partial charge is 0.490 e. The molecule has 0 saturated heterocycles. The third kappa shape index (κ3) is 3.89. The fourth-order valence-corrected chi connectivity index (χ4v) is 3.64. The Hall–Kier alpha value is -4.82. The summed E-state index contributed by atoms with van der Waals surface area (Å²) in [7, 11) is 0. The number of ether oxygens (including phenoxy) is 2. The van der Waals surface area contributed by atoms with Gasteiger partial charge in [0.1, 0.15) is 24.7 Å². The van der Waals surface area contributed by atoms with Crippen molar-refractivity contribution >= 4 is 45.7 Å². The number of carbonyl (C=O) groups excluding carboxylic acids is 2. The fourth-order valence-electron chi connectivity index (χ4n) is 3.64. The van der Waals surface area contributed by atoms with Crippen molar-refractivity contribution in [2.75, 3.05) is 13.2 Å². The summed E-state index contributed by atoms with van der Waals surface area (Å²) in [5.74, 6) is 0.580. The summed E-state index contributed by atoms with van der Waals surface area (Å²) in [6.07, 6.45) is 1.35. The fraction of sp³-hybridized carbons (Fsp3) is 0.154. The first-order valence-corrected chi connectivity index (χ1v) is 10.4. The smallest absolute Gasteiger partial charge is 0.177 e. The maximum Gasteiger partial charge on any atom is 0.177 e. The van der Waals surface area contributed by atoms with Crippen LogP contribution in [-0.2, 0) is 0 Å². The molecule has 4 aromatic rings. The predicted octanol–water partition coefficient (Wildman–Crippen LogP) is 5.62. The van der Waals surface area contributed by atoms with Crippen LogP contribution in [0.1, 0.15) is 45.7 Å². The zero-order valence-corrected chi connectivity index (χ0v) is 18.4. The first-order valence-electron chi connectivity index (χ1n) is 10.4. The minimum atomic E-state index is 0.107. The second kappa shape index (κ2) is 9.35. The minimum absolute atomic E-state index is 0.107. The highest BCUT2D eigenvalue weighted by molar-refractivity contribution is 6.09. The number of hydrogen-bond acceptors (Lipinski definition) is 8. The molecule has 3 aromatic carbocycles. The molecule has 0 bridgehead atoms. The van der Waals surface area contributed by atoms with E-state index in [0.29, 0.717) is 59.2 Å². The number of hydrogen-bond donors (Lipinski definition) is 0. The van der Waals surface area contributed by atoms with Crippen LogP contribution in [0, 0.1) is 22.7 Å². The van der Waals surface area contributed by atoms with E-state index in [1.807, 2.05) is 12.1 Å². The summed E-state index contributed by atoms with van der Waals surface area (Å²) in [6, 6.07) is 13.1. The predicted molar refractivity (Wildman–Crippen MR) is 124 cm³/mol. The molecule has 0 aliphatic carbocycles. The summed E-state index contributed by atoms with van der Waals surface area (Å²) in [5.41, 5.74) is 1.73. The molecule has 0 saturated carbocycles. The molecule has 8 nitrogen and oxygen atoms in total.